The van der Waals surface area contributed by atoms with Crippen molar-refractivity contribution < 1.29 is 33.2 Å². The number of ether oxygens (including phenoxy) is 6. The maximum atomic E-state index is 13.2. The van der Waals surface area contributed by atoms with Crippen LogP contribution in [0.1, 0.15) is 27.0 Å². The van der Waals surface area contributed by atoms with Crippen LogP contribution in [0.3, 0.4) is 0 Å². The minimum atomic E-state index is -1.000. The van der Waals surface area contributed by atoms with E-state index >= 15 is 0 Å². The zero-order valence-electron chi connectivity index (χ0n) is 22.4. The first-order chi connectivity index (χ1) is 19.1. The number of esters is 1. The second-order valence-electron chi connectivity index (χ2n) is 8.95. The van der Waals surface area contributed by atoms with Crippen LogP contribution in [0.25, 0.3) is 16.8 Å². The molecular formula is C32H30O7. The quantitative estimate of drug-likeness (QED) is 0.195. The second kappa shape index (κ2) is 11.1. The molecule has 0 spiro atoms. The van der Waals surface area contributed by atoms with E-state index < -0.39 is 11.6 Å². The largest absolute Gasteiger partial charge is 0.497 e. The highest BCUT2D eigenvalue weighted by molar-refractivity contribution is 6.08. The fourth-order valence-electron chi connectivity index (χ4n) is 4.90. The first-order valence-electron chi connectivity index (χ1n) is 12.5. The molecule has 1 aliphatic heterocycles. The number of rotatable bonds is 9. The molecule has 0 aromatic heterocycles. The predicted octanol–water partition coefficient (Wildman–Crippen LogP) is 6.02. The third kappa shape index (κ3) is 4.66. The molecule has 39 heavy (non-hydrogen) atoms. The van der Waals surface area contributed by atoms with Gasteiger partial charge in [0.15, 0.2) is 5.60 Å². The maximum absolute atomic E-state index is 13.2. The molecule has 0 saturated heterocycles. The average molecular weight is 527 g/mol. The lowest BCUT2D eigenvalue weighted by Gasteiger charge is -2.37. The third-order valence-electron chi connectivity index (χ3n) is 6.87. The minimum absolute atomic E-state index is 0.273. The van der Waals surface area contributed by atoms with Crippen LogP contribution in [-0.2, 0) is 15.1 Å². The predicted molar refractivity (Wildman–Crippen MR) is 149 cm³/mol. The Bertz CT molecular complexity index is 1460. The van der Waals surface area contributed by atoms with Crippen LogP contribution in [0.5, 0.6) is 23.0 Å². The minimum Gasteiger partial charge on any atom is -0.497 e. The Morgan fingerprint density at radius 1 is 0.769 bits per heavy atom. The van der Waals surface area contributed by atoms with Crippen molar-refractivity contribution in [3.63, 3.8) is 0 Å². The van der Waals surface area contributed by atoms with E-state index in [9.17, 15) is 4.79 Å². The molecule has 0 aliphatic carbocycles. The molecule has 1 heterocycles. The lowest BCUT2D eigenvalue weighted by molar-refractivity contribution is 0.0592. The molecule has 0 atom stereocenters. The number of benzene rings is 4. The number of fused-ring (bicyclic) bond motifs is 3. The Morgan fingerprint density at radius 2 is 1.36 bits per heavy atom. The van der Waals surface area contributed by atoms with Gasteiger partial charge in [-0.2, -0.15) is 0 Å². The highest BCUT2D eigenvalue weighted by atomic mass is 16.5. The van der Waals surface area contributed by atoms with Gasteiger partial charge in [-0.15, -0.1) is 0 Å². The highest BCUT2D eigenvalue weighted by Crippen LogP contribution is 2.49. The van der Waals surface area contributed by atoms with Crippen LogP contribution < -0.4 is 18.9 Å². The van der Waals surface area contributed by atoms with Crippen molar-refractivity contribution in [2.24, 2.45) is 0 Å². The molecule has 5 rings (SSSR count). The first kappa shape index (κ1) is 26.1. The molecule has 0 fully saturated rings. The van der Waals surface area contributed by atoms with Gasteiger partial charge in [-0.25, -0.2) is 4.79 Å². The molecule has 0 N–H and O–H groups in total. The summed E-state index contributed by atoms with van der Waals surface area (Å²) in [6.07, 6.45) is 3.87. The standard InChI is InChI=1S/C32H30O7/c1-34-19-20-38-30-26-8-6-5-7-25(26)29-27(28(30)31(33)37-4)17-18-32(39-29,21-9-13-23(35-2)14-10-21)22-11-15-24(36-3)16-12-22/h5-18H,19-20H2,1-4H3. The second-order valence-corrected chi connectivity index (χ2v) is 8.95. The average Bonchev–Trinajstić information content (AvgIpc) is 3.00. The number of hydrogen-bond acceptors (Lipinski definition) is 7. The summed E-state index contributed by atoms with van der Waals surface area (Å²) >= 11 is 0. The monoisotopic (exact) mass is 526 g/mol. The lowest BCUT2D eigenvalue weighted by atomic mass is 9.82. The number of carbonyl (C=O) groups excluding carboxylic acids is 1. The van der Waals surface area contributed by atoms with E-state index in [1.807, 2.05) is 84.9 Å². The third-order valence-corrected chi connectivity index (χ3v) is 6.87. The van der Waals surface area contributed by atoms with Crippen molar-refractivity contribution in [3.05, 3.63) is 101 Å². The fourth-order valence-corrected chi connectivity index (χ4v) is 4.90. The van der Waals surface area contributed by atoms with Gasteiger partial charge >= 0.3 is 5.97 Å². The van der Waals surface area contributed by atoms with Gasteiger partial charge in [0.25, 0.3) is 0 Å². The van der Waals surface area contributed by atoms with Crippen LogP contribution >= 0.6 is 0 Å². The number of carbonyl (C=O) groups is 1. The van der Waals surface area contributed by atoms with Crippen molar-refractivity contribution in [1.82, 2.24) is 0 Å². The summed E-state index contributed by atoms with van der Waals surface area (Å²) in [7, 11) is 6.22. The zero-order chi connectivity index (χ0) is 27.4. The molecule has 0 radical (unpaired) electrons. The summed E-state index contributed by atoms with van der Waals surface area (Å²) in [5, 5.41) is 1.55. The van der Waals surface area contributed by atoms with E-state index in [-0.39, 0.29) is 6.61 Å². The highest BCUT2D eigenvalue weighted by Gasteiger charge is 2.40. The fraction of sp³-hybridized carbons (Fsp3) is 0.219. The van der Waals surface area contributed by atoms with Gasteiger partial charge < -0.3 is 28.4 Å². The van der Waals surface area contributed by atoms with Gasteiger partial charge in [0.1, 0.15) is 35.2 Å². The van der Waals surface area contributed by atoms with Crippen LogP contribution in [0.4, 0.5) is 0 Å². The van der Waals surface area contributed by atoms with E-state index in [1.165, 1.54) is 7.11 Å². The molecular weight excluding hydrogens is 496 g/mol. The molecule has 4 aromatic carbocycles. The van der Waals surface area contributed by atoms with E-state index in [1.54, 1.807) is 21.3 Å². The Balaban J connectivity index is 1.77. The lowest BCUT2D eigenvalue weighted by Crippen LogP contribution is -2.34. The molecule has 0 saturated carbocycles. The van der Waals surface area contributed by atoms with Crippen molar-refractivity contribution in [3.8, 4) is 23.0 Å². The SMILES string of the molecule is COCCOc1c(C(=O)OC)c2c(c3ccccc13)OC(c1ccc(OC)cc1)(c1ccc(OC)cc1)C=C2. The molecule has 7 heteroatoms. The Morgan fingerprint density at radius 3 is 1.90 bits per heavy atom. The van der Waals surface area contributed by atoms with E-state index in [4.69, 9.17) is 28.4 Å². The van der Waals surface area contributed by atoms with Gasteiger partial charge in [0.05, 0.1) is 27.9 Å². The summed E-state index contributed by atoms with van der Waals surface area (Å²) in [6.45, 7) is 0.645. The summed E-state index contributed by atoms with van der Waals surface area (Å²) in [4.78, 5) is 13.2. The Hall–Kier alpha value is -4.49. The first-order valence-corrected chi connectivity index (χ1v) is 12.5. The van der Waals surface area contributed by atoms with Gasteiger partial charge in [0, 0.05) is 34.6 Å². The van der Waals surface area contributed by atoms with Crippen molar-refractivity contribution >= 4 is 22.8 Å². The topological polar surface area (TPSA) is 72.5 Å². The van der Waals surface area contributed by atoms with Crippen LogP contribution in [-0.4, -0.2) is 47.6 Å². The van der Waals surface area contributed by atoms with Gasteiger partial charge in [0.2, 0.25) is 0 Å². The number of hydrogen-bond donors (Lipinski definition) is 0. The zero-order valence-corrected chi connectivity index (χ0v) is 22.4. The van der Waals surface area contributed by atoms with Crippen LogP contribution in [0.2, 0.25) is 0 Å². The summed E-state index contributed by atoms with van der Waals surface area (Å²) in [5.41, 5.74) is 1.67. The number of methoxy groups -OCH3 is 4. The Labute approximate surface area is 227 Å². The van der Waals surface area contributed by atoms with Crippen LogP contribution in [0, 0.1) is 0 Å². The van der Waals surface area contributed by atoms with Crippen molar-refractivity contribution in [2.45, 2.75) is 5.60 Å². The van der Waals surface area contributed by atoms with Crippen molar-refractivity contribution in [2.75, 3.05) is 41.7 Å². The summed E-state index contributed by atoms with van der Waals surface area (Å²) in [6, 6.07) is 23.2. The van der Waals surface area contributed by atoms with Gasteiger partial charge in [-0.1, -0.05) is 48.5 Å². The smallest absolute Gasteiger partial charge is 0.342 e. The summed E-state index contributed by atoms with van der Waals surface area (Å²) in [5.74, 6) is 1.95. The maximum Gasteiger partial charge on any atom is 0.342 e. The molecule has 0 amide bonds. The van der Waals surface area contributed by atoms with Crippen LogP contribution in [0.15, 0.2) is 78.9 Å². The van der Waals surface area contributed by atoms with E-state index in [0.717, 1.165) is 33.4 Å². The molecule has 0 unspecified atom stereocenters. The van der Waals surface area contributed by atoms with E-state index in [2.05, 4.69) is 0 Å². The van der Waals surface area contributed by atoms with Crippen molar-refractivity contribution in [1.29, 1.82) is 0 Å². The molecule has 4 aromatic rings. The normalized spacial score (nSPS) is 13.3. The molecule has 0 bridgehead atoms. The molecule has 1 aliphatic rings. The molecule has 200 valence electrons. The Kier molecular flexibility index (Phi) is 7.43. The van der Waals surface area contributed by atoms with Gasteiger partial charge in [-0.05, 0) is 36.4 Å². The summed E-state index contributed by atoms with van der Waals surface area (Å²) < 4.78 is 34.3. The molecule has 7 nitrogen and oxygen atoms in total. The van der Waals surface area contributed by atoms with Gasteiger partial charge in [-0.3, -0.25) is 0 Å². The van der Waals surface area contributed by atoms with E-state index in [0.29, 0.717) is 29.2 Å².